The molecule has 1 unspecified atom stereocenters. The third-order valence-corrected chi connectivity index (χ3v) is 2.60. The van der Waals surface area contributed by atoms with E-state index in [-0.39, 0.29) is 0 Å². The lowest BCUT2D eigenvalue weighted by Gasteiger charge is -2.12. The van der Waals surface area contributed by atoms with Crippen LogP contribution >= 0.6 is 0 Å². The van der Waals surface area contributed by atoms with Gasteiger partial charge in [-0.05, 0) is 26.3 Å². The van der Waals surface area contributed by atoms with E-state index < -0.39 is 24.0 Å². The maximum Gasteiger partial charge on any atom is 0.331 e. The molecule has 3 amide bonds. The van der Waals surface area contributed by atoms with Gasteiger partial charge in [-0.3, -0.25) is 10.1 Å². The van der Waals surface area contributed by atoms with Crippen molar-refractivity contribution in [3.8, 4) is 0 Å². The van der Waals surface area contributed by atoms with Crippen LogP contribution in [0.3, 0.4) is 0 Å². The first-order valence-corrected chi connectivity index (χ1v) is 6.86. The van der Waals surface area contributed by atoms with Crippen LogP contribution in [0.15, 0.2) is 42.0 Å². The summed E-state index contributed by atoms with van der Waals surface area (Å²) in [6.45, 7) is 5.18. The van der Waals surface area contributed by atoms with Crippen molar-refractivity contribution in [2.75, 3.05) is 0 Å². The van der Waals surface area contributed by atoms with Crippen LogP contribution in [0, 0.1) is 0 Å². The van der Waals surface area contributed by atoms with Gasteiger partial charge in [0.15, 0.2) is 6.10 Å². The molecule has 1 atom stereocenters. The number of ether oxygens (including phenoxy) is 1. The highest BCUT2D eigenvalue weighted by atomic mass is 16.5. The fraction of sp³-hybridized carbons (Fsp3) is 0.312. The number of esters is 1. The first kappa shape index (κ1) is 17.4. The molecule has 0 spiro atoms. The highest BCUT2D eigenvalue weighted by molar-refractivity contribution is 5.97. The SMILES string of the molecule is CC(C)=CC(=O)OC(C)C(=O)NC(=O)NCc1ccccc1. The zero-order valence-electron chi connectivity index (χ0n) is 12.9. The summed E-state index contributed by atoms with van der Waals surface area (Å²) in [5.74, 6) is -1.30. The van der Waals surface area contributed by atoms with Gasteiger partial charge in [-0.1, -0.05) is 35.9 Å². The average molecular weight is 304 g/mol. The number of amides is 3. The first-order valence-electron chi connectivity index (χ1n) is 6.86. The molecule has 118 valence electrons. The van der Waals surface area contributed by atoms with E-state index >= 15 is 0 Å². The second kappa shape index (κ2) is 8.61. The van der Waals surface area contributed by atoms with Crippen molar-refractivity contribution in [3.63, 3.8) is 0 Å². The Balaban J connectivity index is 2.38. The van der Waals surface area contributed by atoms with Crippen molar-refractivity contribution < 1.29 is 19.1 Å². The molecule has 0 bridgehead atoms. The molecule has 0 aromatic heterocycles. The monoisotopic (exact) mass is 304 g/mol. The van der Waals surface area contributed by atoms with Gasteiger partial charge in [-0.25, -0.2) is 9.59 Å². The molecule has 0 aliphatic heterocycles. The molecule has 0 heterocycles. The largest absolute Gasteiger partial charge is 0.449 e. The summed E-state index contributed by atoms with van der Waals surface area (Å²) < 4.78 is 4.88. The molecule has 1 rings (SSSR count). The van der Waals surface area contributed by atoms with Gasteiger partial charge in [-0.15, -0.1) is 0 Å². The molecule has 6 heteroatoms. The number of nitrogens with one attached hydrogen (secondary N) is 2. The Bertz CT molecular complexity index is 563. The maximum atomic E-state index is 11.7. The van der Waals surface area contributed by atoms with E-state index in [4.69, 9.17) is 4.74 Å². The Morgan fingerprint density at radius 3 is 2.41 bits per heavy atom. The number of urea groups is 1. The van der Waals surface area contributed by atoms with E-state index in [0.29, 0.717) is 6.54 Å². The Morgan fingerprint density at radius 1 is 1.18 bits per heavy atom. The van der Waals surface area contributed by atoms with Crippen molar-refractivity contribution in [1.82, 2.24) is 10.6 Å². The fourth-order valence-electron chi connectivity index (χ4n) is 1.53. The summed E-state index contributed by atoms with van der Waals surface area (Å²) in [4.78, 5) is 34.7. The predicted molar refractivity (Wildman–Crippen MR) is 81.8 cm³/mol. The van der Waals surface area contributed by atoms with Gasteiger partial charge in [0.25, 0.3) is 5.91 Å². The van der Waals surface area contributed by atoms with E-state index in [2.05, 4.69) is 10.6 Å². The Labute approximate surface area is 129 Å². The highest BCUT2D eigenvalue weighted by Gasteiger charge is 2.18. The topological polar surface area (TPSA) is 84.5 Å². The Hall–Kier alpha value is -2.63. The van der Waals surface area contributed by atoms with Crippen LogP contribution in [0.4, 0.5) is 4.79 Å². The van der Waals surface area contributed by atoms with Crippen LogP contribution in [0.5, 0.6) is 0 Å². The van der Waals surface area contributed by atoms with Gasteiger partial charge < -0.3 is 10.1 Å². The van der Waals surface area contributed by atoms with Crippen molar-refractivity contribution >= 4 is 17.9 Å². The minimum absolute atomic E-state index is 0.298. The Kier molecular flexibility index (Phi) is 6.82. The molecule has 0 aliphatic rings. The summed E-state index contributed by atoms with van der Waals surface area (Å²) in [6.07, 6.45) is 0.227. The maximum absolute atomic E-state index is 11.7. The smallest absolute Gasteiger partial charge is 0.331 e. The molecule has 0 saturated heterocycles. The van der Waals surface area contributed by atoms with Crippen LogP contribution < -0.4 is 10.6 Å². The Morgan fingerprint density at radius 2 is 1.82 bits per heavy atom. The van der Waals surface area contributed by atoms with Gasteiger partial charge >= 0.3 is 12.0 Å². The summed E-state index contributed by atoms with van der Waals surface area (Å²) in [5.41, 5.74) is 1.67. The second-order valence-electron chi connectivity index (χ2n) is 4.96. The lowest BCUT2D eigenvalue weighted by atomic mass is 10.2. The predicted octanol–water partition coefficient (Wildman–Crippen LogP) is 1.91. The molecule has 22 heavy (non-hydrogen) atoms. The van der Waals surface area contributed by atoms with E-state index in [0.717, 1.165) is 11.1 Å². The minimum atomic E-state index is -1.05. The van der Waals surface area contributed by atoms with Gasteiger partial charge in [0, 0.05) is 12.6 Å². The van der Waals surface area contributed by atoms with Crippen LogP contribution in [-0.4, -0.2) is 24.0 Å². The van der Waals surface area contributed by atoms with E-state index in [9.17, 15) is 14.4 Å². The lowest BCUT2D eigenvalue weighted by Crippen LogP contribution is -2.44. The van der Waals surface area contributed by atoms with E-state index in [1.54, 1.807) is 13.8 Å². The van der Waals surface area contributed by atoms with Crippen molar-refractivity contribution in [1.29, 1.82) is 0 Å². The normalized spacial score (nSPS) is 11.0. The molecule has 0 radical (unpaired) electrons. The van der Waals surface area contributed by atoms with E-state index in [1.165, 1.54) is 13.0 Å². The summed E-state index contributed by atoms with van der Waals surface area (Å²) >= 11 is 0. The third-order valence-electron chi connectivity index (χ3n) is 2.60. The van der Waals surface area contributed by atoms with E-state index in [1.807, 2.05) is 30.3 Å². The zero-order chi connectivity index (χ0) is 16.5. The number of rotatable bonds is 5. The summed E-state index contributed by atoms with van der Waals surface area (Å²) in [6, 6.07) is 8.64. The number of hydrogen-bond donors (Lipinski definition) is 2. The highest BCUT2D eigenvalue weighted by Crippen LogP contribution is 1.98. The lowest BCUT2D eigenvalue weighted by molar-refractivity contribution is -0.149. The molecule has 0 fully saturated rings. The molecular weight excluding hydrogens is 284 g/mol. The van der Waals surface area contributed by atoms with Crippen LogP contribution in [0.25, 0.3) is 0 Å². The van der Waals surface area contributed by atoms with Crippen LogP contribution in [-0.2, 0) is 20.9 Å². The number of allylic oxidation sites excluding steroid dienone is 1. The van der Waals surface area contributed by atoms with Crippen LogP contribution in [0.1, 0.15) is 26.3 Å². The second-order valence-corrected chi connectivity index (χ2v) is 4.96. The minimum Gasteiger partial charge on any atom is -0.449 e. The van der Waals surface area contributed by atoms with Crippen molar-refractivity contribution in [2.45, 2.75) is 33.4 Å². The zero-order valence-corrected chi connectivity index (χ0v) is 12.9. The van der Waals surface area contributed by atoms with Gasteiger partial charge in [0.05, 0.1) is 0 Å². The molecule has 0 saturated carbocycles. The molecular formula is C16H20N2O4. The average Bonchev–Trinajstić information content (AvgIpc) is 2.45. The quantitative estimate of drug-likeness (QED) is 0.643. The van der Waals surface area contributed by atoms with Crippen LogP contribution in [0.2, 0.25) is 0 Å². The molecule has 1 aromatic rings. The summed E-state index contributed by atoms with van der Waals surface area (Å²) in [5, 5.41) is 4.67. The fourth-order valence-corrected chi connectivity index (χ4v) is 1.53. The summed E-state index contributed by atoms with van der Waals surface area (Å²) in [7, 11) is 0. The first-order chi connectivity index (χ1) is 10.4. The van der Waals surface area contributed by atoms with Crippen molar-refractivity contribution in [2.24, 2.45) is 0 Å². The number of benzene rings is 1. The molecule has 6 nitrogen and oxygen atoms in total. The number of carbonyl (C=O) groups excluding carboxylic acids is 3. The number of imide groups is 1. The van der Waals surface area contributed by atoms with Gasteiger partial charge in [0.2, 0.25) is 0 Å². The van der Waals surface area contributed by atoms with Gasteiger partial charge in [0.1, 0.15) is 0 Å². The third kappa shape index (κ3) is 6.69. The number of carbonyl (C=O) groups is 3. The molecule has 1 aromatic carbocycles. The number of hydrogen-bond acceptors (Lipinski definition) is 4. The molecule has 0 aliphatic carbocycles. The van der Waals surface area contributed by atoms with Crippen molar-refractivity contribution in [3.05, 3.63) is 47.5 Å². The standard InChI is InChI=1S/C16H20N2O4/c1-11(2)9-14(19)22-12(3)15(20)18-16(21)17-10-13-7-5-4-6-8-13/h4-9,12H,10H2,1-3H3,(H2,17,18,20,21). The van der Waals surface area contributed by atoms with Gasteiger partial charge in [-0.2, -0.15) is 0 Å². The molecule has 2 N–H and O–H groups in total.